The highest BCUT2D eigenvalue weighted by atomic mass is 16.5. The van der Waals surface area contributed by atoms with E-state index in [1.165, 1.54) is 18.2 Å². The smallest absolute Gasteiger partial charge is 0.185 e. The number of hydrogen-bond donors (Lipinski definition) is 2. The maximum atomic E-state index is 12.2. The van der Waals surface area contributed by atoms with E-state index in [1.807, 2.05) is 6.92 Å². The van der Waals surface area contributed by atoms with Gasteiger partial charge in [0, 0.05) is 16.7 Å². The Kier molecular flexibility index (Phi) is 5.06. The Morgan fingerprint density at radius 3 is 2.43 bits per heavy atom. The maximum absolute atomic E-state index is 12.2. The number of ketones is 1. The van der Waals surface area contributed by atoms with Gasteiger partial charge in [0.25, 0.3) is 0 Å². The number of rotatable bonds is 5. The number of phenols is 2. The van der Waals surface area contributed by atoms with Crippen molar-refractivity contribution in [1.29, 1.82) is 0 Å². The van der Waals surface area contributed by atoms with Gasteiger partial charge < -0.3 is 14.9 Å². The molecule has 0 bridgehead atoms. The van der Waals surface area contributed by atoms with Crippen molar-refractivity contribution in [3.8, 4) is 17.2 Å². The third-order valence-electron chi connectivity index (χ3n) is 3.56. The first-order valence-electron chi connectivity index (χ1n) is 7.41. The molecule has 4 nitrogen and oxygen atoms in total. The molecule has 120 valence electrons. The summed E-state index contributed by atoms with van der Waals surface area (Å²) in [4.78, 5) is 12.2. The molecule has 0 radical (unpaired) electrons. The van der Waals surface area contributed by atoms with Crippen LogP contribution < -0.4 is 4.74 Å². The lowest BCUT2D eigenvalue weighted by molar-refractivity contribution is 0.104. The van der Waals surface area contributed by atoms with Crippen molar-refractivity contribution in [3.63, 3.8) is 0 Å². The van der Waals surface area contributed by atoms with Gasteiger partial charge in [0.15, 0.2) is 5.78 Å². The monoisotopic (exact) mass is 312 g/mol. The van der Waals surface area contributed by atoms with E-state index in [0.29, 0.717) is 23.5 Å². The molecule has 0 atom stereocenters. The maximum Gasteiger partial charge on any atom is 0.185 e. The molecule has 0 saturated carbocycles. The summed E-state index contributed by atoms with van der Waals surface area (Å²) in [5.74, 6) is 0.727. The van der Waals surface area contributed by atoms with Crippen molar-refractivity contribution >= 4 is 11.9 Å². The molecule has 2 aromatic carbocycles. The second kappa shape index (κ2) is 7.01. The van der Waals surface area contributed by atoms with Crippen LogP contribution in [0.2, 0.25) is 0 Å². The number of phenolic OH excluding ortho intramolecular Hbond substituents is 2. The predicted molar refractivity (Wildman–Crippen MR) is 90.2 cm³/mol. The van der Waals surface area contributed by atoms with Gasteiger partial charge in [-0.3, -0.25) is 4.79 Å². The lowest BCUT2D eigenvalue weighted by Crippen LogP contribution is -1.99. The summed E-state index contributed by atoms with van der Waals surface area (Å²) in [6.45, 7) is 5.92. The summed E-state index contributed by atoms with van der Waals surface area (Å²) in [5, 5.41) is 19.3. The third-order valence-corrected chi connectivity index (χ3v) is 3.56. The highest BCUT2D eigenvalue weighted by Gasteiger charge is 2.12. The molecular formula is C19H20O4. The van der Waals surface area contributed by atoms with E-state index >= 15 is 0 Å². The first-order chi connectivity index (χ1) is 10.9. The first kappa shape index (κ1) is 16.6. The summed E-state index contributed by atoms with van der Waals surface area (Å²) in [7, 11) is 0. The van der Waals surface area contributed by atoms with E-state index < -0.39 is 0 Å². The molecule has 0 heterocycles. The zero-order valence-corrected chi connectivity index (χ0v) is 13.5. The highest BCUT2D eigenvalue weighted by molar-refractivity contribution is 6.07. The minimum atomic E-state index is -0.171. The fourth-order valence-electron chi connectivity index (χ4n) is 2.33. The Morgan fingerprint density at radius 2 is 1.83 bits per heavy atom. The number of carbonyl (C=O) groups is 1. The van der Waals surface area contributed by atoms with Gasteiger partial charge >= 0.3 is 0 Å². The van der Waals surface area contributed by atoms with Crippen LogP contribution in [0.5, 0.6) is 17.2 Å². The van der Waals surface area contributed by atoms with E-state index in [0.717, 1.165) is 11.1 Å². The molecule has 0 amide bonds. The Morgan fingerprint density at radius 1 is 1.17 bits per heavy atom. The summed E-state index contributed by atoms with van der Waals surface area (Å²) in [6.07, 6.45) is 3.14. The number of aromatic hydroxyl groups is 2. The van der Waals surface area contributed by atoms with Crippen LogP contribution in [0.1, 0.15) is 34.0 Å². The third kappa shape index (κ3) is 3.72. The van der Waals surface area contributed by atoms with Crippen molar-refractivity contribution in [1.82, 2.24) is 0 Å². The molecule has 0 aliphatic heterocycles. The minimum Gasteiger partial charge on any atom is -0.508 e. The standard InChI is InChI=1S/C19H20O4/c1-4-23-19-13(3)18(22)12(2)11-15(19)7-10-17(21)14-5-8-16(20)9-6-14/h5-11,20,22H,4H2,1-3H3/b10-7+. The van der Waals surface area contributed by atoms with Crippen molar-refractivity contribution in [2.45, 2.75) is 20.8 Å². The van der Waals surface area contributed by atoms with Gasteiger partial charge in [-0.15, -0.1) is 0 Å². The Bertz CT molecular complexity index is 743. The highest BCUT2D eigenvalue weighted by Crippen LogP contribution is 2.34. The van der Waals surface area contributed by atoms with Gasteiger partial charge in [-0.25, -0.2) is 0 Å². The van der Waals surface area contributed by atoms with Gasteiger partial charge in [0.1, 0.15) is 17.2 Å². The molecule has 0 aliphatic carbocycles. The lowest BCUT2D eigenvalue weighted by atomic mass is 10.0. The number of benzene rings is 2. The van der Waals surface area contributed by atoms with Gasteiger partial charge in [0.2, 0.25) is 0 Å². The molecule has 0 aromatic heterocycles. The Hall–Kier alpha value is -2.75. The summed E-state index contributed by atoms with van der Waals surface area (Å²) in [5.41, 5.74) is 2.61. The van der Waals surface area contributed by atoms with Crippen molar-refractivity contribution in [2.75, 3.05) is 6.61 Å². The number of hydrogen-bond acceptors (Lipinski definition) is 4. The van der Waals surface area contributed by atoms with Crippen LogP contribution in [0.3, 0.4) is 0 Å². The summed E-state index contributed by atoms with van der Waals surface area (Å²) >= 11 is 0. The van der Waals surface area contributed by atoms with Crippen LogP contribution >= 0.6 is 0 Å². The first-order valence-corrected chi connectivity index (χ1v) is 7.41. The van der Waals surface area contributed by atoms with Crippen LogP contribution in [0, 0.1) is 13.8 Å². The fourth-order valence-corrected chi connectivity index (χ4v) is 2.33. The molecule has 23 heavy (non-hydrogen) atoms. The summed E-state index contributed by atoms with van der Waals surface area (Å²) < 4.78 is 5.60. The minimum absolute atomic E-state index is 0.119. The largest absolute Gasteiger partial charge is 0.508 e. The average molecular weight is 312 g/mol. The van der Waals surface area contributed by atoms with Crippen LogP contribution in [0.4, 0.5) is 0 Å². The van der Waals surface area contributed by atoms with Crippen LogP contribution in [-0.2, 0) is 0 Å². The van der Waals surface area contributed by atoms with Crippen LogP contribution in [-0.4, -0.2) is 22.6 Å². The zero-order valence-electron chi connectivity index (χ0n) is 13.5. The normalized spacial score (nSPS) is 10.9. The van der Waals surface area contributed by atoms with E-state index in [9.17, 15) is 15.0 Å². The molecular weight excluding hydrogens is 292 g/mol. The van der Waals surface area contributed by atoms with E-state index in [2.05, 4.69) is 0 Å². The molecule has 0 saturated heterocycles. The van der Waals surface area contributed by atoms with E-state index in [4.69, 9.17) is 4.74 Å². The number of allylic oxidation sites excluding steroid dienone is 1. The lowest BCUT2D eigenvalue weighted by Gasteiger charge is -2.14. The van der Waals surface area contributed by atoms with Gasteiger partial charge in [-0.2, -0.15) is 0 Å². The zero-order chi connectivity index (χ0) is 17.0. The molecule has 0 aliphatic rings. The molecule has 0 unspecified atom stereocenters. The van der Waals surface area contributed by atoms with Crippen LogP contribution in [0.25, 0.3) is 6.08 Å². The predicted octanol–water partition coefficient (Wildman–Crippen LogP) is 4.01. The molecule has 2 aromatic rings. The van der Waals surface area contributed by atoms with Crippen LogP contribution in [0.15, 0.2) is 36.4 Å². The van der Waals surface area contributed by atoms with Gasteiger partial charge in [-0.05, 0) is 68.8 Å². The van der Waals surface area contributed by atoms with Crippen molar-refractivity contribution < 1.29 is 19.7 Å². The van der Waals surface area contributed by atoms with Gasteiger partial charge in [-0.1, -0.05) is 0 Å². The van der Waals surface area contributed by atoms with Gasteiger partial charge in [0.05, 0.1) is 6.61 Å². The van der Waals surface area contributed by atoms with Crippen molar-refractivity contribution in [2.24, 2.45) is 0 Å². The summed E-state index contributed by atoms with van der Waals surface area (Å²) in [6, 6.07) is 7.87. The van der Waals surface area contributed by atoms with E-state index in [-0.39, 0.29) is 17.3 Å². The molecule has 2 N–H and O–H groups in total. The quantitative estimate of drug-likeness (QED) is 0.646. The second-order valence-electron chi connectivity index (χ2n) is 5.26. The number of aryl methyl sites for hydroxylation is 1. The Balaban J connectivity index is 2.35. The van der Waals surface area contributed by atoms with E-state index in [1.54, 1.807) is 38.1 Å². The molecule has 4 heteroatoms. The molecule has 0 spiro atoms. The second-order valence-corrected chi connectivity index (χ2v) is 5.26. The Labute approximate surface area is 135 Å². The SMILES string of the molecule is CCOc1c(/C=C/C(=O)c2ccc(O)cc2)cc(C)c(O)c1C. The topological polar surface area (TPSA) is 66.8 Å². The molecule has 0 fully saturated rings. The molecule has 2 rings (SSSR count). The van der Waals surface area contributed by atoms with Crippen molar-refractivity contribution in [3.05, 3.63) is 58.7 Å². The number of carbonyl (C=O) groups excluding carboxylic acids is 1. The number of ether oxygens (including phenoxy) is 1. The average Bonchev–Trinajstić information content (AvgIpc) is 2.54. The fraction of sp³-hybridized carbons (Fsp3) is 0.211.